The monoisotopic (exact) mass is 624 g/mol. The van der Waals surface area contributed by atoms with Gasteiger partial charge in [-0.15, -0.1) is 0 Å². The maximum Gasteiger partial charge on any atom is 0.261 e. The second-order valence-electron chi connectivity index (χ2n) is 11.0. The van der Waals surface area contributed by atoms with Crippen LogP contribution in [-0.4, -0.2) is 45.6 Å². The van der Waals surface area contributed by atoms with E-state index in [1.54, 1.807) is 29.1 Å². The molecule has 2 aromatic carbocycles. The number of benzene rings is 2. The molecule has 238 valence electrons. The first-order valence-electron chi connectivity index (χ1n) is 15.3. The van der Waals surface area contributed by atoms with E-state index in [4.69, 9.17) is 9.84 Å². The average molecular weight is 625 g/mol. The lowest BCUT2D eigenvalue weighted by Gasteiger charge is -2.43. The molecule has 1 aliphatic heterocycles. The molecule has 0 bridgehead atoms. The third-order valence-corrected chi connectivity index (χ3v) is 8.91. The summed E-state index contributed by atoms with van der Waals surface area (Å²) in [6.45, 7) is 13.6. The number of aromatic nitrogens is 2. The van der Waals surface area contributed by atoms with Crippen LogP contribution in [0, 0.1) is 22.6 Å². The van der Waals surface area contributed by atoms with E-state index in [1.807, 2.05) is 32.1 Å². The van der Waals surface area contributed by atoms with Crippen LogP contribution < -0.4 is 20.3 Å². The van der Waals surface area contributed by atoms with E-state index in [0.717, 1.165) is 45.3 Å². The first kappa shape index (κ1) is 34.9. The van der Waals surface area contributed by atoms with Gasteiger partial charge in [0.25, 0.3) is 5.56 Å². The summed E-state index contributed by atoms with van der Waals surface area (Å²) in [4.78, 5) is 18.1. The second kappa shape index (κ2) is 16.5. The number of aliphatic hydroxyl groups excluding tert-OH is 1. The summed E-state index contributed by atoms with van der Waals surface area (Å²) in [5, 5.41) is 21.5. The zero-order chi connectivity index (χ0) is 32.3. The van der Waals surface area contributed by atoms with Crippen LogP contribution in [0.4, 0.5) is 10.1 Å². The lowest BCUT2D eigenvalue weighted by atomic mass is 9.67. The van der Waals surface area contributed by atoms with Gasteiger partial charge < -0.3 is 19.9 Å². The lowest BCUT2D eigenvalue weighted by Crippen LogP contribution is -2.40. The topological polar surface area (TPSA) is 115 Å². The van der Waals surface area contributed by atoms with Gasteiger partial charge in [0.05, 0.1) is 28.7 Å². The van der Waals surface area contributed by atoms with Crippen LogP contribution in [0.15, 0.2) is 53.8 Å². The van der Waals surface area contributed by atoms with Crippen molar-refractivity contribution in [1.29, 1.82) is 5.26 Å². The summed E-state index contributed by atoms with van der Waals surface area (Å²) in [7, 11) is 1.90. The standard InChI is InChI=1S/C28H33FN6O2S.C3H6O.C2H6/c1-3-34(2)38-33-25-7-5-23(29)26(22(25)17-30)37-20-4-6-24-21(16-20)27(36)35(18-32-24)19-8-10-28(11-9-19)12-14-31-15-13-28;1-3(2)4;1-2/h4-7,16,18-19,31,33H,3,8-15H2,1-2H3;4H,1H2,2H3;1-2H3. The van der Waals surface area contributed by atoms with Crippen molar-refractivity contribution in [3.63, 3.8) is 0 Å². The number of nitrogens with one attached hydrogen (secondary N) is 2. The zero-order valence-electron chi connectivity index (χ0n) is 26.5. The molecule has 1 saturated heterocycles. The number of anilines is 1. The maximum absolute atomic E-state index is 14.8. The van der Waals surface area contributed by atoms with Crippen molar-refractivity contribution in [2.75, 3.05) is 31.4 Å². The number of nitrogens with zero attached hydrogens (tertiary/aromatic N) is 4. The maximum atomic E-state index is 14.8. The molecule has 1 aromatic heterocycles. The summed E-state index contributed by atoms with van der Waals surface area (Å²) in [5.74, 6) is -0.392. The molecular formula is C33H45FN6O3S. The molecule has 1 spiro atoms. The first-order valence-corrected chi connectivity index (χ1v) is 16.0. The molecule has 1 saturated carbocycles. The highest BCUT2D eigenvalue weighted by molar-refractivity contribution is 7.98. The molecular weight excluding hydrogens is 579 g/mol. The number of aliphatic hydroxyl groups is 1. The van der Waals surface area contributed by atoms with Crippen LogP contribution in [-0.2, 0) is 0 Å². The Labute approximate surface area is 264 Å². The van der Waals surface area contributed by atoms with E-state index in [2.05, 4.69) is 27.7 Å². The summed E-state index contributed by atoms with van der Waals surface area (Å²) < 4.78 is 27.5. The van der Waals surface area contributed by atoms with Crippen molar-refractivity contribution in [3.8, 4) is 17.6 Å². The van der Waals surface area contributed by atoms with Gasteiger partial charge in [-0.25, -0.2) is 13.7 Å². The fourth-order valence-corrected chi connectivity index (χ4v) is 6.10. The lowest BCUT2D eigenvalue weighted by molar-refractivity contribution is 0.107. The van der Waals surface area contributed by atoms with E-state index in [-0.39, 0.29) is 34.4 Å². The average Bonchev–Trinajstić information content (AvgIpc) is 3.03. The number of halogens is 1. The Morgan fingerprint density at radius 3 is 2.55 bits per heavy atom. The summed E-state index contributed by atoms with van der Waals surface area (Å²) in [5.41, 5.74) is 1.34. The predicted molar refractivity (Wildman–Crippen MR) is 178 cm³/mol. The number of allylic oxidation sites excluding steroid dienone is 1. The van der Waals surface area contributed by atoms with Gasteiger partial charge in [0.2, 0.25) is 0 Å². The predicted octanol–water partition coefficient (Wildman–Crippen LogP) is 7.72. The quantitative estimate of drug-likeness (QED) is 0.179. The Kier molecular flexibility index (Phi) is 13.1. The van der Waals surface area contributed by atoms with E-state index in [0.29, 0.717) is 22.0 Å². The molecule has 2 heterocycles. The number of hydrogen-bond donors (Lipinski definition) is 3. The molecule has 0 atom stereocenters. The highest BCUT2D eigenvalue weighted by Gasteiger charge is 2.37. The molecule has 5 rings (SSSR count). The van der Waals surface area contributed by atoms with Crippen LogP contribution in [0.5, 0.6) is 11.5 Å². The minimum absolute atomic E-state index is 0.0553. The van der Waals surface area contributed by atoms with Crippen molar-refractivity contribution in [2.24, 2.45) is 5.41 Å². The Bertz CT molecular complexity index is 1500. The molecule has 2 fully saturated rings. The molecule has 1 aliphatic carbocycles. The summed E-state index contributed by atoms with van der Waals surface area (Å²) in [6, 6.07) is 9.87. The van der Waals surface area contributed by atoms with Crippen molar-refractivity contribution in [3.05, 3.63) is 70.7 Å². The SMILES string of the molecule is C=C(C)O.CC.CCN(C)SNc1ccc(F)c(Oc2ccc3ncn(C4CCC5(CCNCC5)CC4)c(=O)c3c2)c1C#N. The van der Waals surface area contributed by atoms with Crippen LogP contribution in [0.25, 0.3) is 10.9 Å². The van der Waals surface area contributed by atoms with Gasteiger partial charge in [0.1, 0.15) is 17.4 Å². The summed E-state index contributed by atoms with van der Waals surface area (Å²) in [6.07, 6.45) is 8.24. The third kappa shape index (κ3) is 8.74. The highest BCUT2D eigenvalue weighted by Crippen LogP contribution is 2.46. The van der Waals surface area contributed by atoms with Crippen molar-refractivity contribution in [1.82, 2.24) is 19.2 Å². The molecule has 0 radical (unpaired) electrons. The van der Waals surface area contributed by atoms with Gasteiger partial charge in [-0.1, -0.05) is 27.4 Å². The molecule has 3 aromatic rings. The van der Waals surface area contributed by atoms with Crippen molar-refractivity contribution >= 4 is 28.7 Å². The second-order valence-corrected chi connectivity index (χ2v) is 12.0. The number of fused-ring (bicyclic) bond motifs is 1. The van der Waals surface area contributed by atoms with Crippen molar-refractivity contribution in [2.45, 2.75) is 72.3 Å². The molecule has 9 nitrogen and oxygen atoms in total. The highest BCUT2D eigenvalue weighted by atomic mass is 32.2. The Morgan fingerprint density at radius 2 is 1.93 bits per heavy atom. The van der Waals surface area contributed by atoms with E-state index in [9.17, 15) is 14.4 Å². The van der Waals surface area contributed by atoms with Gasteiger partial charge >= 0.3 is 0 Å². The smallest absolute Gasteiger partial charge is 0.261 e. The van der Waals surface area contributed by atoms with Crippen LogP contribution in [0.2, 0.25) is 0 Å². The van der Waals surface area contributed by atoms with Crippen molar-refractivity contribution < 1.29 is 14.2 Å². The third-order valence-electron chi connectivity index (χ3n) is 8.03. The Hall–Kier alpha value is -3.59. The largest absolute Gasteiger partial charge is 0.513 e. The van der Waals surface area contributed by atoms with Crippen LogP contribution in [0.3, 0.4) is 0 Å². The molecule has 11 heteroatoms. The van der Waals surface area contributed by atoms with Gasteiger partial charge in [0, 0.05) is 24.7 Å². The van der Waals surface area contributed by atoms with Crippen LogP contribution in [0.1, 0.15) is 77.8 Å². The Balaban J connectivity index is 0.000000816. The van der Waals surface area contributed by atoms with Gasteiger partial charge in [-0.3, -0.25) is 9.36 Å². The number of nitriles is 1. The molecule has 0 unspecified atom stereocenters. The molecule has 0 amide bonds. The number of hydrogen-bond acceptors (Lipinski definition) is 9. The van der Waals surface area contributed by atoms with Gasteiger partial charge in [0.15, 0.2) is 11.6 Å². The number of ether oxygens (including phenoxy) is 1. The van der Waals surface area contributed by atoms with E-state index < -0.39 is 5.82 Å². The fraction of sp³-hybridized carbons (Fsp3) is 0.485. The van der Waals surface area contributed by atoms with Crippen LogP contribution >= 0.6 is 12.1 Å². The van der Waals surface area contributed by atoms with Gasteiger partial charge in [-0.05, 0) is 101 Å². The molecule has 2 aliphatic rings. The fourth-order valence-electron chi connectivity index (χ4n) is 5.55. The minimum atomic E-state index is -0.654. The van der Waals surface area contributed by atoms with E-state index in [1.165, 1.54) is 44.0 Å². The zero-order valence-corrected chi connectivity index (χ0v) is 27.3. The van der Waals surface area contributed by atoms with E-state index >= 15 is 0 Å². The summed E-state index contributed by atoms with van der Waals surface area (Å²) >= 11 is 1.30. The minimum Gasteiger partial charge on any atom is -0.513 e. The number of rotatable bonds is 7. The molecule has 3 N–H and O–H groups in total. The molecule has 44 heavy (non-hydrogen) atoms. The normalized spacial score (nSPS) is 15.9. The first-order chi connectivity index (χ1) is 21.2. The number of piperidine rings is 1. The Morgan fingerprint density at radius 1 is 1.27 bits per heavy atom. The van der Waals surface area contributed by atoms with Gasteiger partial charge in [-0.2, -0.15) is 5.26 Å².